The maximum absolute atomic E-state index is 12.8. The molecular weight excluding hydrogens is 412 g/mol. The summed E-state index contributed by atoms with van der Waals surface area (Å²) in [4.78, 5) is 0.115. The van der Waals surface area contributed by atoms with E-state index in [2.05, 4.69) is 4.72 Å². The summed E-state index contributed by atoms with van der Waals surface area (Å²) < 4.78 is 60.1. The number of rotatable bonds is 7. The molecule has 1 aliphatic rings. The van der Waals surface area contributed by atoms with Crippen LogP contribution < -0.4 is 13.8 Å². The maximum atomic E-state index is 12.8. The highest BCUT2D eigenvalue weighted by atomic mass is 32.2. The fourth-order valence-corrected chi connectivity index (χ4v) is 6.24. The lowest BCUT2D eigenvalue weighted by Crippen LogP contribution is -2.37. The van der Waals surface area contributed by atoms with Gasteiger partial charge in [-0.05, 0) is 67.6 Å². The van der Waals surface area contributed by atoms with Crippen LogP contribution in [0.4, 0.5) is 11.4 Å². The lowest BCUT2D eigenvalue weighted by atomic mass is 10.0. The topological polar surface area (TPSA) is 92.8 Å². The molecule has 0 spiro atoms. The molecule has 0 aliphatic carbocycles. The van der Waals surface area contributed by atoms with E-state index >= 15 is 0 Å². The number of ether oxygens (including phenoxy) is 1. The molecule has 0 aromatic heterocycles. The first-order chi connectivity index (χ1) is 13.7. The van der Waals surface area contributed by atoms with Crippen LogP contribution in [-0.4, -0.2) is 36.2 Å². The van der Waals surface area contributed by atoms with Crippen molar-refractivity contribution in [2.24, 2.45) is 0 Å². The highest BCUT2D eigenvalue weighted by Crippen LogP contribution is 2.33. The molecule has 9 heteroatoms. The molecule has 2 aromatic carbocycles. The number of methoxy groups -OCH3 is 1. The number of benzene rings is 2. The van der Waals surface area contributed by atoms with Crippen LogP contribution in [0, 0.1) is 6.92 Å². The van der Waals surface area contributed by atoms with E-state index in [9.17, 15) is 16.8 Å². The summed E-state index contributed by atoms with van der Waals surface area (Å²) in [7, 11) is -5.73. The summed E-state index contributed by atoms with van der Waals surface area (Å²) in [6.45, 7) is 4.00. The molecular formula is C20H26N2O5S2. The van der Waals surface area contributed by atoms with Crippen molar-refractivity contribution in [1.29, 1.82) is 0 Å². The van der Waals surface area contributed by atoms with Crippen molar-refractivity contribution < 1.29 is 21.6 Å². The van der Waals surface area contributed by atoms with E-state index < -0.39 is 20.0 Å². The number of nitrogens with zero attached hydrogens (tertiary/aromatic N) is 1. The molecule has 0 amide bonds. The zero-order valence-corrected chi connectivity index (χ0v) is 18.4. The first kappa shape index (κ1) is 21.4. The second-order valence-corrected chi connectivity index (χ2v) is 10.8. The molecule has 0 fully saturated rings. The molecule has 0 unspecified atom stereocenters. The molecule has 0 saturated heterocycles. The van der Waals surface area contributed by atoms with E-state index in [1.54, 1.807) is 31.2 Å². The highest BCUT2D eigenvalue weighted by Gasteiger charge is 2.27. The van der Waals surface area contributed by atoms with E-state index in [4.69, 9.17) is 4.74 Å². The second kappa shape index (κ2) is 8.23. The predicted octanol–water partition coefficient (Wildman–Crippen LogP) is 3.30. The number of hydrogen-bond acceptors (Lipinski definition) is 5. The molecule has 0 atom stereocenters. The monoisotopic (exact) mass is 438 g/mol. The number of sulfonamides is 2. The van der Waals surface area contributed by atoms with Crippen molar-refractivity contribution >= 4 is 31.4 Å². The minimum Gasteiger partial charge on any atom is -0.496 e. The number of hydrogen-bond donors (Lipinski definition) is 1. The van der Waals surface area contributed by atoms with Gasteiger partial charge in [0, 0.05) is 6.54 Å². The first-order valence-corrected chi connectivity index (χ1v) is 12.6. The van der Waals surface area contributed by atoms with E-state index in [0.717, 1.165) is 18.4 Å². The van der Waals surface area contributed by atoms with Gasteiger partial charge in [0.05, 0.1) is 29.1 Å². The third kappa shape index (κ3) is 4.51. The Balaban J connectivity index is 1.94. The van der Waals surface area contributed by atoms with Crippen LogP contribution in [0.25, 0.3) is 0 Å². The molecule has 1 heterocycles. The fourth-order valence-electron chi connectivity index (χ4n) is 3.49. The van der Waals surface area contributed by atoms with E-state index in [-0.39, 0.29) is 10.6 Å². The molecule has 2 aromatic rings. The van der Waals surface area contributed by atoms with Crippen molar-refractivity contribution in [1.82, 2.24) is 0 Å². The van der Waals surface area contributed by atoms with Gasteiger partial charge in [0.25, 0.3) is 10.0 Å². The van der Waals surface area contributed by atoms with Gasteiger partial charge in [0.2, 0.25) is 10.0 Å². The number of nitrogens with one attached hydrogen (secondary N) is 1. The summed E-state index contributed by atoms with van der Waals surface area (Å²) in [5.74, 6) is 0.669. The third-order valence-electron chi connectivity index (χ3n) is 4.89. The first-order valence-electron chi connectivity index (χ1n) is 9.49. The predicted molar refractivity (Wildman–Crippen MR) is 115 cm³/mol. The minimum atomic E-state index is -3.82. The normalized spacial score (nSPS) is 14.4. The van der Waals surface area contributed by atoms with Gasteiger partial charge in [-0.15, -0.1) is 0 Å². The highest BCUT2D eigenvalue weighted by molar-refractivity contribution is 7.93. The molecule has 1 N–H and O–H groups in total. The van der Waals surface area contributed by atoms with Gasteiger partial charge in [0.1, 0.15) is 5.75 Å². The molecule has 0 saturated carbocycles. The molecule has 3 rings (SSSR count). The van der Waals surface area contributed by atoms with Gasteiger partial charge in [0.15, 0.2) is 0 Å². The zero-order chi connectivity index (χ0) is 21.2. The van der Waals surface area contributed by atoms with E-state index in [1.165, 1.54) is 23.5 Å². The average Bonchev–Trinajstić information content (AvgIpc) is 2.67. The third-order valence-corrected chi connectivity index (χ3v) is 8.24. The Hall–Kier alpha value is -2.26. The van der Waals surface area contributed by atoms with Crippen molar-refractivity contribution in [2.75, 3.05) is 28.4 Å². The molecule has 158 valence electrons. The van der Waals surface area contributed by atoms with Gasteiger partial charge in [-0.2, -0.15) is 0 Å². The van der Waals surface area contributed by atoms with Crippen LogP contribution in [0.2, 0.25) is 0 Å². The number of fused-ring (bicyclic) bond motifs is 1. The SMILES string of the molecule is CCCS(=O)(=O)N1CCCc2ccc(NS(=O)(=O)c3ccc(OC)c(C)c3)cc21. The van der Waals surface area contributed by atoms with Gasteiger partial charge in [-0.1, -0.05) is 13.0 Å². The quantitative estimate of drug-likeness (QED) is 0.716. The summed E-state index contributed by atoms with van der Waals surface area (Å²) >= 11 is 0. The van der Waals surface area contributed by atoms with Crippen molar-refractivity contribution in [3.8, 4) is 5.75 Å². The average molecular weight is 439 g/mol. The lowest BCUT2D eigenvalue weighted by molar-refractivity contribution is 0.411. The van der Waals surface area contributed by atoms with E-state index in [0.29, 0.717) is 35.7 Å². The fraction of sp³-hybridized carbons (Fsp3) is 0.400. The molecule has 0 radical (unpaired) electrons. The molecule has 7 nitrogen and oxygen atoms in total. The summed E-state index contributed by atoms with van der Waals surface area (Å²) in [6.07, 6.45) is 2.03. The molecule has 29 heavy (non-hydrogen) atoms. The van der Waals surface area contributed by atoms with Crippen molar-refractivity contribution in [3.63, 3.8) is 0 Å². The van der Waals surface area contributed by atoms with Crippen LogP contribution in [0.5, 0.6) is 5.75 Å². The zero-order valence-electron chi connectivity index (χ0n) is 16.8. The number of anilines is 2. The largest absolute Gasteiger partial charge is 0.496 e. The van der Waals surface area contributed by atoms with Crippen LogP contribution in [-0.2, 0) is 26.5 Å². The van der Waals surface area contributed by atoms with Gasteiger partial charge in [-0.3, -0.25) is 9.03 Å². The Morgan fingerprint density at radius 1 is 1.10 bits per heavy atom. The summed E-state index contributed by atoms with van der Waals surface area (Å²) in [6, 6.07) is 9.69. The Morgan fingerprint density at radius 2 is 1.86 bits per heavy atom. The van der Waals surface area contributed by atoms with Crippen LogP contribution >= 0.6 is 0 Å². The van der Waals surface area contributed by atoms with Gasteiger partial charge >= 0.3 is 0 Å². The number of aryl methyl sites for hydroxylation is 2. The second-order valence-electron chi connectivity index (χ2n) is 7.07. The molecule has 0 bridgehead atoms. The van der Waals surface area contributed by atoms with Gasteiger partial charge in [-0.25, -0.2) is 16.8 Å². The lowest BCUT2D eigenvalue weighted by Gasteiger charge is -2.31. The summed E-state index contributed by atoms with van der Waals surface area (Å²) in [5, 5.41) is 0. The Kier molecular flexibility index (Phi) is 6.09. The maximum Gasteiger partial charge on any atom is 0.261 e. The van der Waals surface area contributed by atoms with Crippen LogP contribution in [0.3, 0.4) is 0 Å². The Morgan fingerprint density at radius 3 is 2.52 bits per heavy atom. The minimum absolute atomic E-state index is 0.0630. The summed E-state index contributed by atoms with van der Waals surface area (Å²) in [5.41, 5.74) is 2.49. The van der Waals surface area contributed by atoms with Gasteiger partial charge < -0.3 is 4.74 Å². The Bertz CT molecular complexity index is 1110. The van der Waals surface area contributed by atoms with Crippen molar-refractivity contribution in [2.45, 2.75) is 38.0 Å². The Labute approximate surface area is 172 Å². The van der Waals surface area contributed by atoms with Crippen LogP contribution in [0.15, 0.2) is 41.3 Å². The molecule has 1 aliphatic heterocycles. The van der Waals surface area contributed by atoms with Crippen molar-refractivity contribution in [3.05, 3.63) is 47.5 Å². The standard InChI is InChI=1S/C20H26N2O5S2/c1-4-12-28(23,24)22-11-5-6-16-7-8-17(14-19(16)22)21-29(25,26)18-9-10-20(27-3)15(2)13-18/h7-10,13-14,21H,4-6,11-12H2,1-3H3. The smallest absolute Gasteiger partial charge is 0.261 e. The van der Waals surface area contributed by atoms with Crippen LogP contribution in [0.1, 0.15) is 30.9 Å². The van der Waals surface area contributed by atoms with E-state index in [1.807, 2.05) is 6.92 Å².